The highest BCUT2D eigenvalue weighted by Gasteiger charge is 2.11. The van der Waals surface area contributed by atoms with Gasteiger partial charge in [-0.3, -0.25) is 14.9 Å². The van der Waals surface area contributed by atoms with Crippen LogP contribution in [0.5, 0.6) is 5.75 Å². The summed E-state index contributed by atoms with van der Waals surface area (Å²) in [6.07, 6.45) is 4.13. The number of rotatable bonds is 9. The van der Waals surface area contributed by atoms with Gasteiger partial charge in [0.2, 0.25) is 0 Å². The number of aromatic nitrogens is 1. The molecule has 0 saturated carbocycles. The van der Waals surface area contributed by atoms with Crippen molar-refractivity contribution in [3.05, 3.63) is 109 Å². The predicted octanol–water partition coefficient (Wildman–Crippen LogP) is 5.53. The van der Waals surface area contributed by atoms with Crippen molar-refractivity contribution >= 4 is 51.2 Å². The fourth-order valence-electron chi connectivity index (χ4n) is 3.66. The van der Waals surface area contributed by atoms with E-state index < -0.39 is 10.8 Å². The molecule has 0 unspecified atom stereocenters. The molecule has 1 amide bonds. The van der Waals surface area contributed by atoms with E-state index in [1.165, 1.54) is 12.1 Å². The Hall–Kier alpha value is -4.17. The van der Waals surface area contributed by atoms with Gasteiger partial charge in [0.1, 0.15) is 24.0 Å². The zero-order chi connectivity index (χ0) is 25.5. The van der Waals surface area contributed by atoms with Gasteiger partial charge < -0.3 is 15.0 Å². The zero-order valence-corrected chi connectivity index (χ0v) is 21.2. The van der Waals surface area contributed by atoms with E-state index in [2.05, 4.69) is 32.9 Å². The number of hydrogen-bond acceptors (Lipinski definition) is 5. The van der Waals surface area contributed by atoms with Gasteiger partial charge in [-0.1, -0.05) is 24.3 Å². The number of amides is 1. The maximum absolute atomic E-state index is 12.6. The minimum absolute atomic E-state index is 0.0178. The van der Waals surface area contributed by atoms with Crippen LogP contribution in [0.3, 0.4) is 0 Å². The number of ether oxygens (including phenoxy) is 1. The highest BCUT2D eigenvalue weighted by molar-refractivity contribution is 14.1. The maximum Gasteiger partial charge on any atom is 0.269 e. The van der Waals surface area contributed by atoms with E-state index in [1.54, 1.807) is 30.3 Å². The Morgan fingerprint density at radius 2 is 1.94 bits per heavy atom. The molecule has 0 bridgehead atoms. The van der Waals surface area contributed by atoms with Crippen LogP contribution in [0, 0.1) is 25.0 Å². The molecule has 1 heterocycles. The van der Waals surface area contributed by atoms with Crippen molar-refractivity contribution in [3.63, 3.8) is 0 Å². The van der Waals surface area contributed by atoms with Gasteiger partial charge in [-0.05, 0) is 82.1 Å². The van der Waals surface area contributed by atoms with Gasteiger partial charge in [0.15, 0.2) is 0 Å². The first-order valence-electron chi connectivity index (χ1n) is 11.1. The maximum atomic E-state index is 12.6. The first kappa shape index (κ1) is 24.9. The van der Waals surface area contributed by atoms with Crippen LogP contribution in [0.1, 0.15) is 16.7 Å². The largest absolute Gasteiger partial charge is 0.488 e. The molecule has 8 nitrogen and oxygen atoms in total. The number of nitrogens with one attached hydrogen (secondary N) is 2. The summed E-state index contributed by atoms with van der Waals surface area (Å²) in [5.74, 6) is 0.207. The highest BCUT2D eigenvalue weighted by Crippen LogP contribution is 2.25. The molecule has 0 atom stereocenters. The Morgan fingerprint density at radius 3 is 2.67 bits per heavy atom. The molecule has 0 saturated heterocycles. The summed E-state index contributed by atoms with van der Waals surface area (Å²) >= 11 is 2.12. The second kappa shape index (κ2) is 11.5. The van der Waals surface area contributed by atoms with Gasteiger partial charge in [0.25, 0.3) is 11.6 Å². The Morgan fingerprint density at radius 1 is 1.17 bits per heavy atom. The predicted molar refractivity (Wildman–Crippen MR) is 145 cm³/mol. The monoisotopic (exact) mass is 592 g/mol. The number of carbonyl (C=O) groups excluding carboxylic acids is 1. The fraction of sp³-hybridized carbons (Fsp3) is 0.111. The average molecular weight is 592 g/mol. The van der Waals surface area contributed by atoms with Gasteiger partial charge in [-0.25, -0.2) is 0 Å². The van der Waals surface area contributed by atoms with Crippen LogP contribution in [-0.4, -0.2) is 22.4 Å². The van der Waals surface area contributed by atoms with Gasteiger partial charge in [-0.2, -0.15) is 5.26 Å². The zero-order valence-electron chi connectivity index (χ0n) is 19.0. The van der Waals surface area contributed by atoms with Crippen LogP contribution >= 0.6 is 22.6 Å². The number of fused-ring (bicyclic) bond motifs is 1. The molecule has 36 heavy (non-hydrogen) atoms. The van der Waals surface area contributed by atoms with Crippen LogP contribution in [0.15, 0.2) is 78.5 Å². The number of H-pyrrole nitrogens is 1. The Bertz CT molecular complexity index is 1490. The van der Waals surface area contributed by atoms with E-state index in [1.807, 2.05) is 42.6 Å². The summed E-state index contributed by atoms with van der Waals surface area (Å²) in [6.45, 7) is 0.665. The molecule has 4 rings (SSSR count). The lowest BCUT2D eigenvalue weighted by Crippen LogP contribution is -2.26. The van der Waals surface area contributed by atoms with Crippen LogP contribution in [0.2, 0.25) is 0 Å². The first-order chi connectivity index (χ1) is 17.4. The first-order valence-corrected chi connectivity index (χ1v) is 12.1. The Balaban J connectivity index is 1.35. The number of benzene rings is 3. The molecule has 2 N–H and O–H groups in total. The van der Waals surface area contributed by atoms with Crippen LogP contribution < -0.4 is 10.1 Å². The number of hydrogen-bond donors (Lipinski definition) is 2. The summed E-state index contributed by atoms with van der Waals surface area (Å²) in [5, 5.41) is 24.2. The third-order valence-corrected chi connectivity index (χ3v) is 6.37. The van der Waals surface area contributed by atoms with Gasteiger partial charge in [0, 0.05) is 35.8 Å². The van der Waals surface area contributed by atoms with Crippen LogP contribution in [0.25, 0.3) is 17.0 Å². The number of nitriles is 1. The Labute approximate surface area is 220 Å². The molecule has 4 aromatic rings. The van der Waals surface area contributed by atoms with Crippen molar-refractivity contribution in [2.75, 3.05) is 6.54 Å². The lowest BCUT2D eigenvalue weighted by Gasteiger charge is -2.09. The Kier molecular flexibility index (Phi) is 7.97. The van der Waals surface area contributed by atoms with E-state index in [0.717, 1.165) is 25.6 Å². The molecule has 0 aliphatic carbocycles. The van der Waals surface area contributed by atoms with E-state index in [-0.39, 0.29) is 17.9 Å². The average Bonchev–Trinajstić information content (AvgIpc) is 3.30. The number of nitro benzene ring substituents is 1. The number of non-ortho nitro benzene ring substituents is 1. The summed E-state index contributed by atoms with van der Waals surface area (Å²) < 4.78 is 6.64. The molecule has 180 valence electrons. The third-order valence-electron chi connectivity index (χ3n) is 5.53. The van der Waals surface area contributed by atoms with E-state index in [9.17, 15) is 20.2 Å². The second-order valence-electron chi connectivity index (χ2n) is 7.94. The summed E-state index contributed by atoms with van der Waals surface area (Å²) in [4.78, 5) is 26.1. The quantitative estimate of drug-likeness (QED) is 0.0872. The molecule has 0 aliphatic rings. The van der Waals surface area contributed by atoms with Crippen LogP contribution in [0.4, 0.5) is 5.69 Å². The molecule has 0 radical (unpaired) electrons. The molecule has 0 fully saturated rings. The van der Waals surface area contributed by atoms with Crippen molar-refractivity contribution < 1.29 is 14.5 Å². The minimum Gasteiger partial charge on any atom is -0.488 e. The molecule has 0 aliphatic heterocycles. The molecule has 9 heteroatoms. The van der Waals surface area contributed by atoms with E-state index >= 15 is 0 Å². The van der Waals surface area contributed by atoms with Crippen molar-refractivity contribution in [2.45, 2.75) is 13.0 Å². The SMILES string of the molecule is N#C/C(=C/c1ccc(OCc2ccc([N+](=O)[O-])cc2)c(I)c1)C(=O)NCCc1c[nH]c2ccccc12. The summed E-state index contributed by atoms with van der Waals surface area (Å²) in [6, 6.07) is 21.5. The number of halogens is 1. The number of nitrogens with zero attached hydrogens (tertiary/aromatic N) is 2. The number of para-hydroxylation sites is 1. The van der Waals surface area contributed by atoms with E-state index in [0.29, 0.717) is 24.3 Å². The van der Waals surface area contributed by atoms with Crippen LogP contribution in [-0.2, 0) is 17.8 Å². The second-order valence-corrected chi connectivity index (χ2v) is 9.10. The molecular formula is C27H21IN4O4. The van der Waals surface area contributed by atoms with Crippen molar-refractivity contribution in [3.8, 4) is 11.8 Å². The lowest BCUT2D eigenvalue weighted by atomic mass is 10.1. The van der Waals surface area contributed by atoms with Gasteiger partial charge in [0.05, 0.1) is 8.49 Å². The van der Waals surface area contributed by atoms with Crippen molar-refractivity contribution in [2.24, 2.45) is 0 Å². The van der Waals surface area contributed by atoms with Gasteiger partial charge in [-0.15, -0.1) is 0 Å². The van der Waals surface area contributed by atoms with Gasteiger partial charge >= 0.3 is 0 Å². The summed E-state index contributed by atoms with van der Waals surface area (Å²) in [5.41, 5.74) is 3.70. The number of nitro groups is 1. The summed E-state index contributed by atoms with van der Waals surface area (Å²) in [7, 11) is 0. The smallest absolute Gasteiger partial charge is 0.269 e. The number of aromatic amines is 1. The highest BCUT2D eigenvalue weighted by atomic mass is 127. The van der Waals surface area contributed by atoms with E-state index in [4.69, 9.17) is 4.74 Å². The van der Waals surface area contributed by atoms with Crippen molar-refractivity contribution in [1.29, 1.82) is 5.26 Å². The molecule has 1 aromatic heterocycles. The van der Waals surface area contributed by atoms with Crippen molar-refractivity contribution in [1.82, 2.24) is 10.3 Å². The third kappa shape index (κ3) is 6.09. The molecule has 3 aromatic carbocycles. The number of carbonyl (C=O) groups is 1. The normalized spacial score (nSPS) is 11.2. The standard InChI is InChI=1S/C27H21IN4O4/c28-24-14-19(7-10-26(24)36-17-18-5-8-22(9-6-18)32(34)35)13-21(15-29)27(33)30-12-11-20-16-31-25-4-2-1-3-23(20)25/h1-10,13-14,16,31H,11-12,17H2,(H,30,33)/b21-13-. The lowest BCUT2D eigenvalue weighted by molar-refractivity contribution is -0.384. The molecule has 0 spiro atoms. The fourth-order valence-corrected chi connectivity index (χ4v) is 4.35. The topological polar surface area (TPSA) is 121 Å². The minimum atomic E-state index is -0.445. The molecular weight excluding hydrogens is 571 g/mol.